The van der Waals surface area contributed by atoms with E-state index in [0.29, 0.717) is 12.3 Å². The van der Waals surface area contributed by atoms with Crippen molar-refractivity contribution in [3.05, 3.63) is 53.7 Å². The Balaban J connectivity index is 1.78. The predicted octanol–water partition coefficient (Wildman–Crippen LogP) is 1.66. The van der Waals surface area contributed by atoms with Crippen molar-refractivity contribution in [2.45, 2.75) is 26.3 Å². The molecule has 1 amide bonds. The molecule has 1 saturated heterocycles. The number of rotatable bonds is 6. The normalized spacial score (nSPS) is 21.0. The van der Waals surface area contributed by atoms with Crippen LogP contribution in [0.5, 0.6) is 0 Å². The summed E-state index contributed by atoms with van der Waals surface area (Å²) in [6.45, 7) is 4.23. The van der Waals surface area contributed by atoms with Crippen LogP contribution in [-0.2, 0) is 21.4 Å². The summed E-state index contributed by atoms with van der Waals surface area (Å²) in [7, 11) is -3.35. The molecule has 2 atom stereocenters. The van der Waals surface area contributed by atoms with Gasteiger partial charge in [0.1, 0.15) is 11.5 Å². The summed E-state index contributed by atoms with van der Waals surface area (Å²) in [5.41, 5.74) is 0.919. The third kappa shape index (κ3) is 3.96. The number of pyridine rings is 1. The van der Waals surface area contributed by atoms with Crippen LogP contribution in [0.25, 0.3) is 0 Å². The van der Waals surface area contributed by atoms with Crippen LogP contribution >= 0.6 is 0 Å². The van der Waals surface area contributed by atoms with Gasteiger partial charge in [0, 0.05) is 31.4 Å². The third-order valence-electron chi connectivity index (χ3n) is 4.75. The first-order valence-electron chi connectivity index (χ1n) is 8.61. The highest BCUT2D eigenvalue weighted by Crippen LogP contribution is 2.34. The van der Waals surface area contributed by atoms with E-state index in [9.17, 15) is 13.2 Å². The average molecular weight is 377 g/mol. The molecule has 1 fully saturated rings. The van der Waals surface area contributed by atoms with Crippen molar-refractivity contribution in [3.8, 4) is 0 Å². The Morgan fingerprint density at radius 1 is 1.27 bits per heavy atom. The third-order valence-corrected chi connectivity index (χ3v) is 6.56. The number of nitrogens with zero attached hydrogens (tertiary/aromatic N) is 2. The molecule has 0 saturated carbocycles. The van der Waals surface area contributed by atoms with Crippen LogP contribution in [-0.4, -0.2) is 42.5 Å². The Labute approximate surface area is 153 Å². The highest BCUT2D eigenvalue weighted by Gasteiger charge is 2.42. The number of furan rings is 1. The smallest absolute Gasteiger partial charge is 0.225 e. The van der Waals surface area contributed by atoms with Gasteiger partial charge in [0.2, 0.25) is 15.9 Å². The molecule has 3 rings (SSSR count). The number of sulfonamides is 1. The summed E-state index contributed by atoms with van der Waals surface area (Å²) in [4.78, 5) is 16.8. The number of carbonyl (C=O) groups excluding carboxylic acids is 1. The molecule has 140 valence electrons. The standard InChI is InChI=1S/C18H23N3O4S/c1-3-26(23,24)21-11-16(14-6-8-19-9-7-14)17(12-21)18(22)20-10-15-5-4-13(2)25-15/h4-9,16-17H,3,10-12H2,1-2H3,(H,20,22)/t16-,17+/m0/s1. The van der Waals surface area contributed by atoms with Crippen LogP contribution in [0, 0.1) is 12.8 Å². The van der Waals surface area contributed by atoms with Crippen molar-refractivity contribution in [2.75, 3.05) is 18.8 Å². The first-order valence-corrected chi connectivity index (χ1v) is 10.2. The SMILES string of the molecule is CCS(=O)(=O)N1C[C@@H](C(=O)NCc2ccc(C)o2)[C@H](c2ccncc2)C1. The monoisotopic (exact) mass is 377 g/mol. The molecule has 1 aliphatic rings. The van der Waals surface area contributed by atoms with Crippen LogP contribution < -0.4 is 5.32 Å². The summed E-state index contributed by atoms with van der Waals surface area (Å²) in [6.07, 6.45) is 3.32. The highest BCUT2D eigenvalue weighted by atomic mass is 32.2. The minimum Gasteiger partial charge on any atom is -0.465 e. The zero-order chi connectivity index (χ0) is 18.7. The lowest BCUT2D eigenvalue weighted by Crippen LogP contribution is -2.35. The van der Waals surface area contributed by atoms with Gasteiger partial charge in [-0.25, -0.2) is 12.7 Å². The Hall–Kier alpha value is -2.19. The first-order chi connectivity index (χ1) is 12.4. The fourth-order valence-electron chi connectivity index (χ4n) is 3.28. The number of amides is 1. The molecule has 3 heterocycles. The molecule has 2 aromatic rings. The molecular weight excluding hydrogens is 354 g/mol. The Morgan fingerprint density at radius 3 is 2.62 bits per heavy atom. The van der Waals surface area contributed by atoms with Gasteiger partial charge >= 0.3 is 0 Å². The van der Waals surface area contributed by atoms with Crippen molar-refractivity contribution in [1.29, 1.82) is 0 Å². The Morgan fingerprint density at radius 2 is 2.00 bits per heavy atom. The van der Waals surface area contributed by atoms with Gasteiger partial charge in [0.05, 0.1) is 18.2 Å². The Kier molecular flexibility index (Phi) is 5.43. The molecule has 0 radical (unpaired) electrons. The number of hydrogen-bond donors (Lipinski definition) is 1. The zero-order valence-electron chi connectivity index (χ0n) is 14.9. The van der Waals surface area contributed by atoms with Gasteiger partial charge in [-0.2, -0.15) is 0 Å². The molecular formula is C18H23N3O4S. The van der Waals surface area contributed by atoms with Gasteiger partial charge < -0.3 is 9.73 Å². The second-order valence-electron chi connectivity index (χ2n) is 6.44. The summed E-state index contributed by atoms with van der Waals surface area (Å²) < 4.78 is 31.5. The minimum absolute atomic E-state index is 0.0239. The number of carbonyl (C=O) groups is 1. The number of nitrogens with one attached hydrogen (secondary N) is 1. The van der Waals surface area contributed by atoms with Crippen molar-refractivity contribution in [1.82, 2.24) is 14.6 Å². The second kappa shape index (κ2) is 7.59. The van der Waals surface area contributed by atoms with E-state index in [-0.39, 0.29) is 30.7 Å². The number of aromatic nitrogens is 1. The molecule has 1 aliphatic heterocycles. The van der Waals surface area contributed by atoms with Crippen LogP contribution in [0.2, 0.25) is 0 Å². The lowest BCUT2D eigenvalue weighted by molar-refractivity contribution is -0.125. The van der Waals surface area contributed by atoms with Gasteiger partial charge in [-0.15, -0.1) is 0 Å². The molecule has 8 heteroatoms. The molecule has 7 nitrogen and oxygen atoms in total. The van der Waals surface area contributed by atoms with E-state index < -0.39 is 15.9 Å². The van der Waals surface area contributed by atoms with Gasteiger partial charge in [-0.3, -0.25) is 9.78 Å². The second-order valence-corrected chi connectivity index (χ2v) is 8.70. The van der Waals surface area contributed by atoms with Crippen molar-refractivity contribution < 1.29 is 17.6 Å². The summed E-state index contributed by atoms with van der Waals surface area (Å²) in [6, 6.07) is 7.33. The molecule has 1 N–H and O–H groups in total. The predicted molar refractivity (Wildman–Crippen MR) is 96.8 cm³/mol. The maximum absolute atomic E-state index is 12.8. The van der Waals surface area contributed by atoms with Crippen LogP contribution in [0.3, 0.4) is 0 Å². The molecule has 0 aliphatic carbocycles. The lowest BCUT2D eigenvalue weighted by Gasteiger charge is -2.17. The fraction of sp³-hybridized carbons (Fsp3) is 0.444. The molecule has 26 heavy (non-hydrogen) atoms. The molecule has 0 spiro atoms. The topological polar surface area (TPSA) is 92.5 Å². The van der Waals surface area contributed by atoms with Gasteiger partial charge in [0.15, 0.2) is 0 Å². The van der Waals surface area contributed by atoms with Gasteiger partial charge in [-0.05, 0) is 43.7 Å². The lowest BCUT2D eigenvalue weighted by atomic mass is 9.89. The number of aryl methyl sites for hydroxylation is 1. The van der Waals surface area contributed by atoms with E-state index >= 15 is 0 Å². The molecule has 2 aromatic heterocycles. The fourth-order valence-corrected chi connectivity index (χ4v) is 4.42. The van der Waals surface area contributed by atoms with E-state index in [1.807, 2.05) is 31.2 Å². The van der Waals surface area contributed by atoms with Crippen LogP contribution in [0.15, 0.2) is 41.1 Å². The largest absolute Gasteiger partial charge is 0.465 e. The van der Waals surface area contributed by atoms with Crippen molar-refractivity contribution >= 4 is 15.9 Å². The summed E-state index contributed by atoms with van der Waals surface area (Å²) >= 11 is 0. The van der Waals surface area contributed by atoms with E-state index in [1.54, 1.807) is 19.3 Å². The average Bonchev–Trinajstić information content (AvgIpc) is 3.27. The van der Waals surface area contributed by atoms with Crippen LogP contribution in [0.1, 0.15) is 29.9 Å². The Bertz CT molecular complexity index is 864. The molecule has 0 aromatic carbocycles. The maximum Gasteiger partial charge on any atom is 0.225 e. The number of hydrogen-bond acceptors (Lipinski definition) is 5. The maximum atomic E-state index is 12.8. The summed E-state index contributed by atoms with van der Waals surface area (Å²) in [5.74, 6) is 0.662. The van der Waals surface area contributed by atoms with E-state index in [4.69, 9.17) is 4.42 Å². The summed E-state index contributed by atoms with van der Waals surface area (Å²) in [5, 5.41) is 2.87. The van der Waals surface area contributed by atoms with E-state index in [1.165, 1.54) is 4.31 Å². The minimum atomic E-state index is -3.35. The zero-order valence-corrected chi connectivity index (χ0v) is 15.7. The first kappa shape index (κ1) is 18.6. The van der Waals surface area contributed by atoms with Gasteiger partial charge in [0.25, 0.3) is 0 Å². The van der Waals surface area contributed by atoms with Crippen molar-refractivity contribution in [2.24, 2.45) is 5.92 Å². The van der Waals surface area contributed by atoms with Gasteiger partial charge in [-0.1, -0.05) is 0 Å². The molecule has 0 unspecified atom stereocenters. The van der Waals surface area contributed by atoms with Crippen LogP contribution in [0.4, 0.5) is 0 Å². The molecule has 0 bridgehead atoms. The quantitative estimate of drug-likeness (QED) is 0.827. The highest BCUT2D eigenvalue weighted by molar-refractivity contribution is 7.89. The van der Waals surface area contributed by atoms with E-state index in [2.05, 4.69) is 10.3 Å². The van der Waals surface area contributed by atoms with Crippen molar-refractivity contribution in [3.63, 3.8) is 0 Å². The van der Waals surface area contributed by atoms with E-state index in [0.717, 1.165) is 11.3 Å².